The monoisotopic (exact) mass is 460 g/mol. The van der Waals surface area contributed by atoms with Crippen LogP contribution in [-0.4, -0.2) is 41.5 Å². The number of aryl methyl sites for hydroxylation is 1. The molecule has 0 radical (unpaired) electrons. The molecule has 0 aliphatic rings. The Bertz CT molecular complexity index is 717. The van der Waals surface area contributed by atoms with Crippen molar-refractivity contribution in [1.82, 2.24) is 20.1 Å². The van der Waals surface area contributed by atoms with Crippen molar-refractivity contribution in [3.05, 3.63) is 29.8 Å². The first kappa shape index (κ1) is 21.0. The summed E-state index contributed by atoms with van der Waals surface area (Å²) in [5, 5.41) is 14.6. The second-order valence-corrected chi connectivity index (χ2v) is 5.07. The zero-order chi connectivity index (χ0) is 17.5. The number of anilines is 1. The molecule has 25 heavy (non-hydrogen) atoms. The van der Waals surface area contributed by atoms with Crippen molar-refractivity contribution < 1.29 is 9.47 Å². The van der Waals surface area contributed by atoms with Gasteiger partial charge in [-0.1, -0.05) is 0 Å². The van der Waals surface area contributed by atoms with E-state index in [2.05, 4.69) is 25.8 Å². The van der Waals surface area contributed by atoms with Crippen LogP contribution < -0.4 is 20.1 Å². The molecule has 0 bridgehead atoms. The lowest BCUT2D eigenvalue weighted by Crippen LogP contribution is -2.31. The predicted octanol–water partition coefficient (Wildman–Crippen LogP) is 2.34. The van der Waals surface area contributed by atoms with Gasteiger partial charge >= 0.3 is 0 Å². The number of nitrogens with zero attached hydrogens (tertiary/aromatic N) is 4. The Morgan fingerprint density at radius 2 is 2.04 bits per heavy atom. The average molecular weight is 460 g/mol. The summed E-state index contributed by atoms with van der Waals surface area (Å²) >= 11 is 0. The molecule has 0 amide bonds. The molecule has 0 saturated carbocycles. The van der Waals surface area contributed by atoms with Gasteiger partial charge in [-0.3, -0.25) is 4.99 Å². The van der Waals surface area contributed by atoms with Gasteiger partial charge in [0.1, 0.15) is 5.82 Å². The number of hydrogen-bond acceptors (Lipinski definition) is 5. The SMILES string of the molecule is CCOc1cc(NC(=NC)NCc2nnc(C)n2C)ccc1OC.I. The Kier molecular flexibility index (Phi) is 8.46. The number of hydrogen-bond donors (Lipinski definition) is 2. The highest BCUT2D eigenvalue weighted by Gasteiger charge is 2.09. The molecule has 2 N–H and O–H groups in total. The van der Waals surface area contributed by atoms with Gasteiger partial charge in [0.2, 0.25) is 0 Å². The summed E-state index contributed by atoms with van der Waals surface area (Å²) < 4.78 is 12.8. The first-order valence-corrected chi connectivity index (χ1v) is 7.72. The fourth-order valence-corrected chi connectivity index (χ4v) is 2.11. The molecule has 0 fully saturated rings. The number of nitrogens with one attached hydrogen (secondary N) is 2. The van der Waals surface area contributed by atoms with E-state index in [9.17, 15) is 0 Å². The number of rotatable bonds is 6. The van der Waals surface area contributed by atoms with E-state index in [0.717, 1.165) is 17.3 Å². The van der Waals surface area contributed by atoms with E-state index in [-0.39, 0.29) is 24.0 Å². The standard InChI is InChI=1S/C16H24N6O2.HI/c1-6-24-14-9-12(7-8-13(14)23-5)19-16(17-3)18-10-15-21-20-11(2)22(15)4;/h7-9H,6,10H2,1-5H3,(H2,17,18,19);1H. The molecule has 1 aromatic carbocycles. The minimum Gasteiger partial charge on any atom is -0.493 e. The highest BCUT2D eigenvalue weighted by atomic mass is 127. The minimum atomic E-state index is 0. The third-order valence-electron chi connectivity index (χ3n) is 3.55. The minimum absolute atomic E-state index is 0. The summed E-state index contributed by atoms with van der Waals surface area (Å²) in [5.74, 6) is 3.71. The molecule has 1 heterocycles. The molecule has 1 aromatic heterocycles. The fraction of sp³-hybridized carbons (Fsp3) is 0.438. The van der Waals surface area contributed by atoms with Crippen LogP contribution in [0.25, 0.3) is 0 Å². The predicted molar refractivity (Wildman–Crippen MR) is 109 cm³/mol. The maximum Gasteiger partial charge on any atom is 0.195 e. The van der Waals surface area contributed by atoms with E-state index in [1.165, 1.54) is 0 Å². The van der Waals surface area contributed by atoms with Gasteiger partial charge in [-0.2, -0.15) is 0 Å². The lowest BCUT2D eigenvalue weighted by Gasteiger charge is -2.14. The average Bonchev–Trinajstić information content (AvgIpc) is 2.91. The highest BCUT2D eigenvalue weighted by molar-refractivity contribution is 14.0. The van der Waals surface area contributed by atoms with Crippen LogP contribution in [0, 0.1) is 6.92 Å². The maximum atomic E-state index is 5.58. The second-order valence-electron chi connectivity index (χ2n) is 5.07. The van der Waals surface area contributed by atoms with E-state index in [0.29, 0.717) is 30.6 Å². The summed E-state index contributed by atoms with van der Waals surface area (Å²) in [4.78, 5) is 4.22. The van der Waals surface area contributed by atoms with E-state index < -0.39 is 0 Å². The van der Waals surface area contributed by atoms with Gasteiger partial charge in [-0.05, 0) is 26.0 Å². The molecular formula is C16H25IN6O2. The zero-order valence-electron chi connectivity index (χ0n) is 15.2. The molecule has 0 unspecified atom stereocenters. The van der Waals surface area contributed by atoms with Crippen LogP contribution in [0.5, 0.6) is 11.5 Å². The molecule has 2 aromatic rings. The molecule has 8 nitrogen and oxygen atoms in total. The van der Waals surface area contributed by atoms with E-state index in [4.69, 9.17) is 9.47 Å². The topological polar surface area (TPSA) is 85.6 Å². The van der Waals surface area contributed by atoms with Gasteiger partial charge in [0.05, 0.1) is 20.3 Å². The van der Waals surface area contributed by atoms with Crippen LogP contribution in [0.1, 0.15) is 18.6 Å². The first-order valence-electron chi connectivity index (χ1n) is 7.72. The quantitative estimate of drug-likeness (QED) is 0.391. The van der Waals surface area contributed by atoms with Crippen LogP contribution in [-0.2, 0) is 13.6 Å². The summed E-state index contributed by atoms with van der Waals surface area (Å²) in [6.45, 7) is 4.93. The maximum absolute atomic E-state index is 5.58. The van der Waals surface area contributed by atoms with Crippen LogP contribution in [0.2, 0.25) is 0 Å². The van der Waals surface area contributed by atoms with Crippen LogP contribution >= 0.6 is 24.0 Å². The van der Waals surface area contributed by atoms with Gasteiger partial charge in [0.25, 0.3) is 0 Å². The largest absolute Gasteiger partial charge is 0.493 e. The summed E-state index contributed by atoms with van der Waals surface area (Å²) in [6.07, 6.45) is 0. The number of aliphatic imine (C=N–C) groups is 1. The van der Waals surface area contributed by atoms with Crippen molar-refractivity contribution in [2.24, 2.45) is 12.0 Å². The fourth-order valence-electron chi connectivity index (χ4n) is 2.11. The van der Waals surface area contributed by atoms with Crippen molar-refractivity contribution in [3.63, 3.8) is 0 Å². The molecule has 2 rings (SSSR count). The van der Waals surface area contributed by atoms with E-state index in [1.54, 1.807) is 14.2 Å². The molecule has 0 spiro atoms. The third kappa shape index (κ3) is 5.48. The van der Waals surface area contributed by atoms with Crippen molar-refractivity contribution in [2.45, 2.75) is 20.4 Å². The Morgan fingerprint density at radius 3 is 2.60 bits per heavy atom. The Morgan fingerprint density at radius 1 is 1.28 bits per heavy atom. The van der Waals surface area contributed by atoms with Gasteiger partial charge in [0.15, 0.2) is 23.3 Å². The van der Waals surface area contributed by atoms with Gasteiger partial charge in [-0.25, -0.2) is 0 Å². The molecule has 0 aliphatic heterocycles. The summed E-state index contributed by atoms with van der Waals surface area (Å²) in [7, 11) is 5.26. The zero-order valence-corrected chi connectivity index (χ0v) is 17.5. The lowest BCUT2D eigenvalue weighted by molar-refractivity contribution is 0.311. The lowest BCUT2D eigenvalue weighted by atomic mass is 10.2. The number of guanidine groups is 1. The Balaban J connectivity index is 0.00000312. The van der Waals surface area contributed by atoms with Gasteiger partial charge < -0.3 is 24.7 Å². The Labute approximate surface area is 165 Å². The van der Waals surface area contributed by atoms with Gasteiger partial charge in [0, 0.05) is 25.8 Å². The molecule has 0 saturated heterocycles. The number of methoxy groups -OCH3 is 1. The highest BCUT2D eigenvalue weighted by Crippen LogP contribution is 2.30. The number of halogens is 1. The third-order valence-corrected chi connectivity index (χ3v) is 3.55. The van der Waals surface area contributed by atoms with Crippen molar-refractivity contribution >= 4 is 35.6 Å². The van der Waals surface area contributed by atoms with E-state index in [1.807, 2.05) is 43.7 Å². The number of benzene rings is 1. The van der Waals surface area contributed by atoms with Crippen molar-refractivity contribution in [3.8, 4) is 11.5 Å². The molecule has 138 valence electrons. The Hall–Kier alpha value is -2.04. The van der Waals surface area contributed by atoms with Crippen molar-refractivity contribution in [1.29, 1.82) is 0 Å². The normalized spacial score (nSPS) is 10.8. The second kappa shape index (κ2) is 10.1. The first-order chi connectivity index (χ1) is 11.6. The van der Waals surface area contributed by atoms with Crippen molar-refractivity contribution in [2.75, 3.05) is 26.1 Å². The number of ether oxygens (including phenoxy) is 2. The number of aromatic nitrogens is 3. The van der Waals surface area contributed by atoms with Crippen LogP contribution in [0.4, 0.5) is 5.69 Å². The van der Waals surface area contributed by atoms with Crippen LogP contribution in [0.15, 0.2) is 23.2 Å². The van der Waals surface area contributed by atoms with Crippen LogP contribution in [0.3, 0.4) is 0 Å². The molecular weight excluding hydrogens is 435 g/mol. The summed E-state index contributed by atoms with van der Waals surface area (Å²) in [5.41, 5.74) is 0.849. The van der Waals surface area contributed by atoms with E-state index >= 15 is 0 Å². The smallest absolute Gasteiger partial charge is 0.195 e. The summed E-state index contributed by atoms with van der Waals surface area (Å²) in [6, 6.07) is 5.63. The molecule has 0 aliphatic carbocycles. The molecule has 9 heteroatoms. The molecule has 0 atom stereocenters. The van der Waals surface area contributed by atoms with Gasteiger partial charge in [-0.15, -0.1) is 34.2 Å².